The molecule has 20 heavy (non-hydrogen) atoms. The zero-order valence-electron chi connectivity index (χ0n) is 12.6. The highest BCUT2D eigenvalue weighted by Crippen LogP contribution is 2.23. The van der Waals surface area contributed by atoms with E-state index in [0.717, 1.165) is 23.7 Å². The fraction of sp³-hybridized carbons (Fsp3) is 0.438. The van der Waals surface area contributed by atoms with E-state index < -0.39 is 0 Å². The number of aromatic nitrogens is 1. The van der Waals surface area contributed by atoms with Gasteiger partial charge in [-0.05, 0) is 44.5 Å². The van der Waals surface area contributed by atoms with Gasteiger partial charge in [0.05, 0.1) is 5.69 Å². The Morgan fingerprint density at radius 3 is 2.80 bits per heavy atom. The number of rotatable bonds is 6. The van der Waals surface area contributed by atoms with Crippen LogP contribution in [0.5, 0.6) is 5.75 Å². The first-order valence-electron chi connectivity index (χ1n) is 6.96. The van der Waals surface area contributed by atoms with Crippen molar-refractivity contribution in [2.75, 3.05) is 7.05 Å². The highest BCUT2D eigenvalue weighted by molar-refractivity contribution is 7.11. The zero-order valence-corrected chi connectivity index (χ0v) is 13.4. The lowest BCUT2D eigenvalue weighted by atomic mass is 10.1. The van der Waals surface area contributed by atoms with E-state index in [1.807, 2.05) is 7.05 Å². The summed E-state index contributed by atoms with van der Waals surface area (Å²) in [4.78, 5) is 5.98. The molecule has 0 amide bonds. The minimum atomic E-state index is 0.547. The highest BCUT2D eigenvalue weighted by atomic mass is 32.1. The van der Waals surface area contributed by atoms with E-state index >= 15 is 0 Å². The first kappa shape index (κ1) is 15.0. The molecule has 3 nitrogen and oxygen atoms in total. The maximum atomic E-state index is 5.92. The summed E-state index contributed by atoms with van der Waals surface area (Å²) in [5, 5.41) is 4.24. The van der Waals surface area contributed by atoms with Crippen molar-refractivity contribution < 1.29 is 4.74 Å². The van der Waals surface area contributed by atoms with Crippen LogP contribution in [-0.2, 0) is 19.6 Å². The maximum absolute atomic E-state index is 5.92. The van der Waals surface area contributed by atoms with Crippen molar-refractivity contribution in [2.45, 2.75) is 40.3 Å². The number of benzene rings is 1. The lowest BCUT2D eigenvalue weighted by Gasteiger charge is -2.08. The molecule has 1 heterocycles. The Hall–Kier alpha value is -1.39. The summed E-state index contributed by atoms with van der Waals surface area (Å²) < 4.78 is 5.92. The monoisotopic (exact) mass is 290 g/mol. The Kier molecular flexibility index (Phi) is 5.15. The molecule has 2 rings (SSSR count). The van der Waals surface area contributed by atoms with Crippen LogP contribution in [0.3, 0.4) is 0 Å². The van der Waals surface area contributed by atoms with Crippen LogP contribution in [0.4, 0.5) is 0 Å². The fourth-order valence-electron chi connectivity index (χ4n) is 2.08. The topological polar surface area (TPSA) is 34.1 Å². The molecule has 4 heteroatoms. The number of hydrogen-bond donors (Lipinski definition) is 1. The third kappa shape index (κ3) is 3.58. The van der Waals surface area contributed by atoms with Crippen LogP contribution in [0.1, 0.15) is 33.6 Å². The van der Waals surface area contributed by atoms with Crippen LogP contribution in [0.25, 0.3) is 0 Å². The fourth-order valence-corrected chi connectivity index (χ4v) is 3.16. The van der Waals surface area contributed by atoms with Crippen LogP contribution < -0.4 is 10.1 Å². The van der Waals surface area contributed by atoms with Gasteiger partial charge in [0.15, 0.2) is 0 Å². The van der Waals surface area contributed by atoms with Crippen molar-refractivity contribution in [1.29, 1.82) is 0 Å². The molecule has 1 aromatic heterocycles. The van der Waals surface area contributed by atoms with Gasteiger partial charge in [0.25, 0.3) is 0 Å². The molecule has 0 atom stereocenters. The molecule has 0 fully saturated rings. The first-order valence-corrected chi connectivity index (χ1v) is 7.77. The van der Waals surface area contributed by atoms with E-state index in [2.05, 4.69) is 49.3 Å². The van der Waals surface area contributed by atoms with E-state index in [9.17, 15) is 0 Å². The first-order chi connectivity index (χ1) is 9.63. The second-order valence-electron chi connectivity index (χ2n) is 4.92. The molecular weight excluding hydrogens is 268 g/mol. The normalized spacial score (nSPS) is 10.8. The number of hydrogen-bond acceptors (Lipinski definition) is 4. The molecule has 0 radical (unpaired) electrons. The smallest absolute Gasteiger partial charge is 0.140 e. The van der Waals surface area contributed by atoms with Gasteiger partial charge >= 0.3 is 0 Å². The van der Waals surface area contributed by atoms with Gasteiger partial charge in [0, 0.05) is 11.4 Å². The van der Waals surface area contributed by atoms with Gasteiger partial charge in [0.1, 0.15) is 17.4 Å². The number of thiazole rings is 1. The summed E-state index contributed by atoms with van der Waals surface area (Å²) in [5.41, 5.74) is 3.57. The Morgan fingerprint density at radius 2 is 2.10 bits per heavy atom. The second kappa shape index (κ2) is 6.86. The molecule has 0 unspecified atom stereocenters. The van der Waals surface area contributed by atoms with E-state index in [0.29, 0.717) is 6.61 Å². The molecule has 2 aromatic rings. The molecule has 1 aromatic carbocycles. The lowest BCUT2D eigenvalue weighted by molar-refractivity contribution is 0.303. The Labute approximate surface area is 125 Å². The van der Waals surface area contributed by atoms with Crippen LogP contribution in [0.2, 0.25) is 0 Å². The van der Waals surface area contributed by atoms with Crippen molar-refractivity contribution in [3.63, 3.8) is 0 Å². The summed E-state index contributed by atoms with van der Waals surface area (Å²) in [5.74, 6) is 0.952. The van der Waals surface area contributed by atoms with Crippen molar-refractivity contribution in [3.8, 4) is 5.75 Å². The van der Waals surface area contributed by atoms with E-state index in [1.165, 1.54) is 21.7 Å². The molecule has 0 bridgehead atoms. The Bertz CT molecular complexity index is 578. The van der Waals surface area contributed by atoms with E-state index in [4.69, 9.17) is 4.74 Å². The van der Waals surface area contributed by atoms with Crippen LogP contribution in [-0.4, -0.2) is 12.0 Å². The van der Waals surface area contributed by atoms with Gasteiger partial charge in [-0.2, -0.15) is 0 Å². The van der Waals surface area contributed by atoms with Crippen molar-refractivity contribution in [3.05, 3.63) is 44.9 Å². The standard InChI is InChI=1S/C16H22N2OS/c1-5-13-15(9-17-4)20-16(18-13)10-19-14-8-11(2)6-7-12(14)3/h6-8,17H,5,9-10H2,1-4H3. The quantitative estimate of drug-likeness (QED) is 0.882. The average Bonchev–Trinajstić information content (AvgIpc) is 2.82. The van der Waals surface area contributed by atoms with Crippen LogP contribution in [0.15, 0.2) is 18.2 Å². The number of nitrogens with one attached hydrogen (secondary N) is 1. The van der Waals surface area contributed by atoms with Crippen molar-refractivity contribution >= 4 is 11.3 Å². The number of ether oxygens (including phenoxy) is 1. The summed E-state index contributed by atoms with van der Waals surface area (Å²) in [7, 11) is 1.96. The summed E-state index contributed by atoms with van der Waals surface area (Å²) in [6, 6.07) is 6.28. The summed E-state index contributed by atoms with van der Waals surface area (Å²) in [6.45, 7) is 7.72. The molecule has 0 aliphatic carbocycles. The van der Waals surface area contributed by atoms with Gasteiger partial charge in [-0.1, -0.05) is 19.1 Å². The minimum Gasteiger partial charge on any atom is -0.486 e. The Morgan fingerprint density at radius 1 is 1.30 bits per heavy atom. The number of aryl methyl sites for hydroxylation is 3. The van der Waals surface area contributed by atoms with Crippen LogP contribution in [0, 0.1) is 13.8 Å². The highest BCUT2D eigenvalue weighted by Gasteiger charge is 2.10. The molecule has 0 saturated heterocycles. The third-order valence-electron chi connectivity index (χ3n) is 3.19. The lowest BCUT2D eigenvalue weighted by Crippen LogP contribution is -2.05. The van der Waals surface area contributed by atoms with Gasteiger partial charge in [-0.15, -0.1) is 11.3 Å². The Balaban J connectivity index is 2.08. The SMILES string of the molecule is CCc1nc(COc2cc(C)ccc2C)sc1CNC. The summed E-state index contributed by atoms with van der Waals surface area (Å²) >= 11 is 1.74. The van der Waals surface area contributed by atoms with E-state index in [-0.39, 0.29) is 0 Å². The second-order valence-corrected chi connectivity index (χ2v) is 6.09. The predicted octanol–water partition coefficient (Wildman–Crippen LogP) is 3.62. The third-order valence-corrected chi connectivity index (χ3v) is 4.26. The van der Waals surface area contributed by atoms with E-state index in [1.54, 1.807) is 11.3 Å². The minimum absolute atomic E-state index is 0.547. The molecule has 0 spiro atoms. The zero-order chi connectivity index (χ0) is 14.5. The van der Waals surface area contributed by atoms with Gasteiger partial charge in [0.2, 0.25) is 0 Å². The van der Waals surface area contributed by atoms with Gasteiger partial charge < -0.3 is 10.1 Å². The molecule has 0 aliphatic heterocycles. The molecule has 0 saturated carbocycles. The number of nitrogens with zero attached hydrogens (tertiary/aromatic N) is 1. The average molecular weight is 290 g/mol. The van der Waals surface area contributed by atoms with Crippen molar-refractivity contribution in [2.24, 2.45) is 0 Å². The van der Waals surface area contributed by atoms with Crippen molar-refractivity contribution in [1.82, 2.24) is 10.3 Å². The maximum Gasteiger partial charge on any atom is 0.140 e. The molecule has 1 N–H and O–H groups in total. The molecule has 0 aliphatic rings. The molecule has 108 valence electrons. The summed E-state index contributed by atoms with van der Waals surface area (Å²) in [6.07, 6.45) is 0.969. The van der Waals surface area contributed by atoms with Gasteiger partial charge in [-0.25, -0.2) is 4.98 Å². The van der Waals surface area contributed by atoms with Crippen LogP contribution >= 0.6 is 11.3 Å². The molecular formula is C16H22N2OS. The van der Waals surface area contributed by atoms with Gasteiger partial charge in [-0.3, -0.25) is 0 Å². The predicted molar refractivity (Wildman–Crippen MR) is 84.5 cm³/mol. The largest absolute Gasteiger partial charge is 0.486 e.